The summed E-state index contributed by atoms with van der Waals surface area (Å²) in [4.78, 5) is 0. The van der Waals surface area contributed by atoms with E-state index in [-0.39, 0.29) is 17.5 Å². The minimum atomic E-state index is -3.49. The molecular weight excluding hydrogens is 358 g/mol. The molecule has 0 unspecified atom stereocenters. The number of ether oxygens (including phenoxy) is 1. The Hall–Kier alpha value is -2.39. The molecule has 0 aromatic heterocycles. The highest BCUT2D eigenvalue weighted by molar-refractivity contribution is 5.35. The van der Waals surface area contributed by atoms with Crippen LogP contribution in [0.5, 0.6) is 0 Å². The molecule has 0 fully saturated rings. The molecule has 144 valence electrons. The van der Waals surface area contributed by atoms with Crippen LogP contribution < -0.4 is 0 Å². The summed E-state index contributed by atoms with van der Waals surface area (Å²) in [5.74, 6) is -2.03. The number of unbranched alkanes of at least 4 members (excludes halogenated alkanes) is 2. The van der Waals surface area contributed by atoms with E-state index in [0.29, 0.717) is 0 Å². The highest BCUT2D eigenvalue weighted by Gasteiger charge is 2.32. The summed E-state index contributed by atoms with van der Waals surface area (Å²) >= 11 is 0. The number of hydrogen-bond donors (Lipinski definition) is 0. The van der Waals surface area contributed by atoms with Crippen LogP contribution in [0.1, 0.15) is 48.4 Å². The summed E-state index contributed by atoms with van der Waals surface area (Å²) in [7, 11) is 0. The van der Waals surface area contributed by atoms with Crippen LogP contribution >= 0.6 is 0 Å². The van der Waals surface area contributed by atoms with Crippen molar-refractivity contribution in [2.24, 2.45) is 0 Å². The van der Waals surface area contributed by atoms with E-state index >= 15 is 0 Å². The molecule has 2 rings (SSSR count). The molecule has 6 heteroatoms. The lowest BCUT2D eigenvalue weighted by atomic mass is 10.0. The molecular formula is C21H21F4NO. The van der Waals surface area contributed by atoms with Crippen LogP contribution in [0.15, 0.2) is 36.4 Å². The number of benzene rings is 2. The average Bonchev–Trinajstić information content (AvgIpc) is 2.62. The molecule has 0 atom stereocenters. The molecule has 0 N–H and O–H groups in total. The maximum atomic E-state index is 14.2. The minimum absolute atomic E-state index is 0.107. The van der Waals surface area contributed by atoms with E-state index in [4.69, 9.17) is 5.26 Å². The number of aryl methyl sites for hydroxylation is 1. The Morgan fingerprint density at radius 2 is 1.59 bits per heavy atom. The summed E-state index contributed by atoms with van der Waals surface area (Å²) in [6.45, 7) is 1.68. The average molecular weight is 379 g/mol. The number of rotatable bonds is 9. The van der Waals surface area contributed by atoms with E-state index in [1.807, 2.05) is 0 Å². The first-order valence-electron chi connectivity index (χ1n) is 8.86. The summed E-state index contributed by atoms with van der Waals surface area (Å²) in [5.41, 5.74) is 0.181. The van der Waals surface area contributed by atoms with Crippen molar-refractivity contribution in [3.05, 3.63) is 70.3 Å². The van der Waals surface area contributed by atoms with E-state index in [2.05, 4.69) is 11.7 Å². The van der Waals surface area contributed by atoms with Gasteiger partial charge in [-0.3, -0.25) is 0 Å². The zero-order valence-electron chi connectivity index (χ0n) is 15.1. The summed E-state index contributed by atoms with van der Waals surface area (Å²) in [6, 6.07) is 9.31. The third kappa shape index (κ3) is 5.80. The summed E-state index contributed by atoms with van der Waals surface area (Å²) in [6.07, 6.45) is 0.446. The molecule has 0 aliphatic carbocycles. The van der Waals surface area contributed by atoms with E-state index in [9.17, 15) is 17.6 Å². The second-order valence-electron chi connectivity index (χ2n) is 6.32. The van der Waals surface area contributed by atoms with Crippen LogP contribution in [0.4, 0.5) is 17.6 Å². The molecule has 2 aromatic carbocycles. The highest BCUT2D eigenvalue weighted by atomic mass is 19.3. The van der Waals surface area contributed by atoms with Crippen LogP contribution in [0.2, 0.25) is 0 Å². The summed E-state index contributed by atoms with van der Waals surface area (Å²) in [5, 5.41) is 8.62. The SMILES string of the molecule is CCCCCc1ccc(C(F)(F)OCCc2cc(F)c(C#N)c(F)c2)cc1. The molecule has 0 spiro atoms. The van der Waals surface area contributed by atoms with Gasteiger partial charge in [0.05, 0.1) is 12.2 Å². The zero-order chi connectivity index (χ0) is 19.9. The smallest absolute Gasteiger partial charge is 0.316 e. The molecule has 27 heavy (non-hydrogen) atoms. The molecule has 0 saturated heterocycles. The number of alkyl halides is 2. The van der Waals surface area contributed by atoms with Crippen molar-refractivity contribution >= 4 is 0 Å². The number of nitriles is 1. The van der Waals surface area contributed by atoms with Crippen molar-refractivity contribution in [3.63, 3.8) is 0 Å². The van der Waals surface area contributed by atoms with E-state index in [1.165, 1.54) is 18.2 Å². The van der Waals surface area contributed by atoms with Gasteiger partial charge in [-0.2, -0.15) is 14.0 Å². The minimum Gasteiger partial charge on any atom is -0.316 e. The van der Waals surface area contributed by atoms with Crippen molar-refractivity contribution in [1.82, 2.24) is 0 Å². The lowest BCUT2D eigenvalue weighted by Crippen LogP contribution is -2.20. The quantitative estimate of drug-likeness (QED) is 0.403. The van der Waals surface area contributed by atoms with Gasteiger partial charge in [0.2, 0.25) is 0 Å². The normalized spacial score (nSPS) is 11.4. The molecule has 2 aromatic rings. The fourth-order valence-electron chi connectivity index (χ4n) is 2.70. The van der Waals surface area contributed by atoms with Crippen LogP contribution in [0, 0.1) is 23.0 Å². The third-order valence-corrected chi connectivity index (χ3v) is 4.25. The van der Waals surface area contributed by atoms with Crippen molar-refractivity contribution in [2.75, 3.05) is 6.61 Å². The van der Waals surface area contributed by atoms with Crippen molar-refractivity contribution in [2.45, 2.75) is 45.1 Å². The van der Waals surface area contributed by atoms with Crippen LogP contribution in [0.25, 0.3) is 0 Å². The second kappa shape index (κ2) is 9.52. The van der Waals surface area contributed by atoms with Crippen molar-refractivity contribution in [1.29, 1.82) is 5.26 Å². The molecule has 0 aliphatic heterocycles. The van der Waals surface area contributed by atoms with Gasteiger partial charge in [0, 0.05) is 0 Å². The van der Waals surface area contributed by atoms with E-state index in [0.717, 1.165) is 43.4 Å². The molecule has 0 amide bonds. The van der Waals surface area contributed by atoms with Crippen molar-refractivity contribution < 1.29 is 22.3 Å². The first-order valence-corrected chi connectivity index (χ1v) is 8.86. The van der Waals surface area contributed by atoms with Gasteiger partial charge in [-0.25, -0.2) is 8.78 Å². The largest absolute Gasteiger partial charge is 0.383 e. The van der Waals surface area contributed by atoms with Gasteiger partial charge in [-0.05, 0) is 42.5 Å². The zero-order valence-corrected chi connectivity index (χ0v) is 15.1. The monoisotopic (exact) mass is 379 g/mol. The van der Waals surface area contributed by atoms with Gasteiger partial charge in [0.15, 0.2) is 0 Å². The van der Waals surface area contributed by atoms with Crippen molar-refractivity contribution in [3.8, 4) is 6.07 Å². The number of nitrogens with zero attached hydrogens (tertiary/aromatic N) is 1. The Labute approximate surface area is 156 Å². The molecule has 0 radical (unpaired) electrons. The van der Waals surface area contributed by atoms with Crippen LogP contribution in [-0.4, -0.2) is 6.61 Å². The lowest BCUT2D eigenvalue weighted by molar-refractivity contribution is -0.248. The maximum Gasteiger partial charge on any atom is 0.383 e. The predicted octanol–water partition coefficient (Wildman–Crippen LogP) is 5.88. The van der Waals surface area contributed by atoms with Crippen LogP contribution in [-0.2, 0) is 23.7 Å². The lowest BCUT2D eigenvalue weighted by Gasteiger charge is -2.17. The summed E-state index contributed by atoms with van der Waals surface area (Å²) < 4.78 is 60.0. The predicted molar refractivity (Wildman–Crippen MR) is 94.3 cm³/mol. The Balaban J connectivity index is 1.93. The second-order valence-corrected chi connectivity index (χ2v) is 6.32. The third-order valence-electron chi connectivity index (χ3n) is 4.25. The maximum absolute atomic E-state index is 14.2. The van der Waals surface area contributed by atoms with Gasteiger partial charge in [0.25, 0.3) is 0 Å². The standard InChI is InChI=1S/C21H21F4NO/c1-2-3-4-5-15-6-8-17(9-7-15)21(24,25)27-11-10-16-12-19(22)18(14-26)20(23)13-16/h6-9,12-13H,2-5,10-11H2,1H3. The van der Waals surface area contributed by atoms with Gasteiger partial charge in [-0.15, -0.1) is 0 Å². The van der Waals surface area contributed by atoms with Gasteiger partial charge in [0.1, 0.15) is 23.3 Å². The fraction of sp³-hybridized carbons (Fsp3) is 0.381. The topological polar surface area (TPSA) is 33.0 Å². The first kappa shape index (κ1) is 20.9. The first-order chi connectivity index (χ1) is 12.9. The van der Waals surface area contributed by atoms with Crippen LogP contribution in [0.3, 0.4) is 0 Å². The molecule has 2 nitrogen and oxygen atoms in total. The van der Waals surface area contributed by atoms with Gasteiger partial charge < -0.3 is 4.74 Å². The molecule has 0 aliphatic rings. The Kier molecular flexibility index (Phi) is 7.37. The van der Waals surface area contributed by atoms with Gasteiger partial charge in [-0.1, -0.05) is 44.0 Å². The van der Waals surface area contributed by atoms with Gasteiger partial charge >= 0.3 is 6.11 Å². The Morgan fingerprint density at radius 1 is 0.963 bits per heavy atom. The Bertz CT molecular complexity index is 774. The Morgan fingerprint density at radius 3 is 2.15 bits per heavy atom. The number of halogens is 4. The highest BCUT2D eigenvalue weighted by Crippen LogP contribution is 2.30. The molecule has 0 bridgehead atoms. The van der Waals surface area contributed by atoms with E-state index < -0.39 is 29.9 Å². The fourth-order valence-corrected chi connectivity index (χ4v) is 2.70. The molecule has 0 saturated carbocycles. The van der Waals surface area contributed by atoms with E-state index in [1.54, 1.807) is 12.1 Å². The number of hydrogen-bond acceptors (Lipinski definition) is 2. The molecule has 0 heterocycles.